The van der Waals surface area contributed by atoms with Crippen LogP contribution in [0.25, 0.3) is 0 Å². The molecule has 0 aliphatic heterocycles. The van der Waals surface area contributed by atoms with Crippen LogP contribution in [0.2, 0.25) is 0 Å². The van der Waals surface area contributed by atoms with Gasteiger partial charge in [-0.15, -0.1) is 0 Å². The van der Waals surface area contributed by atoms with Gasteiger partial charge < -0.3 is 14.2 Å². The van der Waals surface area contributed by atoms with Gasteiger partial charge in [0.15, 0.2) is 0 Å². The van der Waals surface area contributed by atoms with E-state index < -0.39 is 18.4 Å². The van der Waals surface area contributed by atoms with Crippen LogP contribution in [0.1, 0.15) is 19.3 Å². The van der Waals surface area contributed by atoms with E-state index in [9.17, 15) is 14.4 Å². The maximum atomic E-state index is 11.8. The molecule has 2 aliphatic carbocycles. The van der Waals surface area contributed by atoms with Crippen molar-refractivity contribution < 1.29 is 28.6 Å². The molecule has 3 atom stereocenters. The molecule has 2 bridgehead atoms. The molecule has 0 amide bonds. The Bertz CT molecular complexity index is 427. The van der Waals surface area contributed by atoms with E-state index in [4.69, 9.17) is 9.47 Å². The number of fused-ring (bicyclic) bond motifs is 2. The van der Waals surface area contributed by atoms with Gasteiger partial charge in [-0.3, -0.25) is 14.4 Å². The number of hydrogen-bond donors (Lipinski definition) is 0. The van der Waals surface area contributed by atoms with E-state index in [1.165, 1.54) is 7.11 Å². The maximum Gasteiger partial charge on any atom is 0.317 e. The predicted molar refractivity (Wildman–Crippen MR) is 67.4 cm³/mol. The molecule has 0 N–H and O–H groups in total. The summed E-state index contributed by atoms with van der Waals surface area (Å²) in [5.41, 5.74) is 0. The summed E-state index contributed by atoms with van der Waals surface area (Å²) in [4.78, 5) is 33.8. The van der Waals surface area contributed by atoms with Crippen molar-refractivity contribution >= 4 is 17.9 Å². The number of methoxy groups -OCH3 is 1. The van der Waals surface area contributed by atoms with E-state index in [1.807, 2.05) is 0 Å². The number of hydrogen-bond acceptors (Lipinski definition) is 6. The van der Waals surface area contributed by atoms with Crippen LogP contribution in [-0.4, -0.2) is 38.2 Å². The fourth-order valence-corrected chi connectivity index (χ4v) is 2.70. The van der Waals surface area contributed by atoms with Crippen LogP contribution in [0, 0.1) is 17.8 Å². The van der Waals surface area contributed by atoms with Crippen molar-refractivity contribution in [2.75, 3.05) is 20.3 Å². The average Bonchev–Trinajstić information content (AvgIpc) is 3.05. The summed E-state index contributed by atoms with van der Waals surface area (Å²) in [6.45, 7) is -0.0262. The number of esters is 3. The monoisotopic (exact) mass is 282 g/mol. The molecule has 0 saturated heterocycles. The first-order valence-electron chi connectivity index (χ1n) is 6.67. The number of carbonyl (C=O) groups excluding carboxylic acids is 3. The molecular weight excluding hydrogens is 264 g/mol. The first-order chi connectivity index (χ1) is 9.60. The van der Waals surface area contributed by atoms with Gasteiger partial charge in [0.1, 0.15) is 19.6 Å². The van der Waals surface area contributed by atoms with Crippen molar-refractivity contribution in [2.24, 2.45) is 17.8 Å². The second-order valence-corrected chi connectivity index (χ2v) is 5.03. The molecular formula is C14H18O6. The van der Waals surface area contributed by atoms with Crippen LogP contribution in [0.3, 0.4) is 0 Å². The van der Waals surface area contributed by atoms with Gasteiger partial charge in [-0.05, 0) is 24.7 Å². The average molecular weight is 282 g/mol. The fraction of sp³-hybridized carbons (Fsp3) is 0.643. The van der Waals surface area contributed by atoms with Gasteiger partial charge in [0.05, 0.1) is 13.0 Å². The van der Waals surface area contributed by atoms with E-state index in [-0.39, 0.29) is 25.1 Å². The molecule has 110 valence electrons. The SMILES string of the molecule is COC(=O)CC(=O)OCCOC(=O)C1CC2C=CC1C2. The second-order valence-electron chi connectivity index (χ2n) is 5.03. The van der Waals surface area contributed by atoms with Gasteiger partial charge in [0, 0.05) is 0 Å². The summed E-state index contributed by atoms with van der Waals surface area (Å²) in [5.74, 6) is -0.817. The highest BCUT2D eigenvalue weighted by Crippen LogP contribution is 2.43. The zero-order valence-electron chi connectivity index (χ0n) is 11.4. The third kappa shape index (κ3) is 3.59. The third-order valence-corrected chi connectivity index (χ3v) is 3.69. The van der Waals surface area contributed by atoms with E-state index in [1.54, 1.807) is 0 Å². The van der Waals surface area contributed by atoms with Gasteiger partial charge >= 0.3 is 17.9 Å². The minimum absolute atomic E-state index is 0.0172. The van der Waals surface area contributed by atoms with E-state index in [2.05, 4.69) is 16.9 Å². The van der Waals surface area contributed by atoms with Crippen molar-refractivity contribution in [1.29, 1.82) is 0 Å². The van der Waals surface area contributed by atoms with E-state index in [0.717, 1.165) is 12.8 Å². The zero-order chi connectivity index (χ0) is 14.5. The Kier molecular flexibility index (Phi) is 4.76. The first-order valence-corrected chi connectivity index (χ1v) is 6.67. The van der Waals surface area contributed by atoms with Crippen molar-refractivity contribution in [3.8, 4) is 0 Å². The van der Waals surface area contributed by atoms with Crippen LogP contribution >= 0.6 is 0 Å². The summed E-state index contributed by atoms with van der Waals surface area (Å²) in [6, 6.07) is 0. The lowest BCUT2D eigenvalue weighted by atomic mass is 9.94. The molecule has 2 rings (SSSR count). The van der Waals surface area contributed by atoms with Crippen LogP contribution < -0.4 is 0 Å². The van der Waals surface area contributed by atoms with Crippen LogP contribution in [0.15, 0.2) is 12.2 Å². The Morgan fingerprint density at radius 3 is 2.40 bits per heavy atom. The Morgan fingerprint density at radius 1 is 1.05 bits per heavy atom. The standard InChI is InChI=1S/C14H18O6/c1-18-12(15)8-13(16)19-4-5-20-14(17)11-7-9-2-3-10(11)6-9/h2-3,9-11H,4-8H2,1H3. The molecule has 0 radical (unpaired) electrons. The highest BCUT2D eigenvalue weighted by molar-refractivity contribution is 5.91. The smallest absolute Gasteiger partial charge is 0.317 e. The third-order valence-electron chi connectivity index (χ3n) is 3.69. The quantitative estimate of drug-likeness (QED) is 0.236. The maximum absolute atomic E-state index is 11.8. The minimum atomic E-state index is -0.684. The highest BCUT2D eigenvalue weighted by Gasteiger charge is 2.40. The highest BCUT2D eigenvalue weighted by atomic mass is 16.6. The van der Waals surface area contributed by atoms with Crippen molar-refractivity contribution in [3.05, 3.63) is 12.2 Å². The number of rotatable bonds is 6. The summed E-state index contributed by atoms with van der Waals surface area (Å²) >= 11 is 0. The van der Waals surface area contributed by atoms with E-state index >= 15 is 0 Å². The largest absolute Gasteiger partial charge is 0.469 e. The molecule has 3 unspecified atom stereocenters. The molecule has 0 spiro atoms. The topological polar surface area (TPSA) is 78.9 Å². The Hall–Kier alpha value is -1.85. The van der Waals surface area contributed by atoms with Crippen LogP contribution in [0.5, 0.6) is 0 Å². The van der Waals surface area contributed by atoms with Crippen LogP contribution in [-0.2, 0) is 28.6 Å². The summed E-state index contributed by atoms with van der Waals surface area (Å²) in [7, 11) is 1.20. The van der Waals surface area contributed by atoms with Gasteiger partial charge in [-0.25, -0.2) is 0 Å². The van der Waals surface area contributed by atoms with Crippen LogP contribution in [0.4, 0.5) is 0 Å². The van der Waals surface area contributed by atoms with Gasteiger partial charge in [0.25, 0.3) is 0 Å². The van der Waals surface area contributed by atoms with Crippen molar-refractivity contribution in [1.82, 2.24) is 0 Å². The summed E-state index contributed by atoms with van der Waals surface area (Å²) in [6.07, 6.45) is 5.69. The minimum Gasteiger partial charge on any atom is -0.469 e. The molecule has 0 aromatic heterocycles. The molecule has 6 heteroatoms. The Balaban J connectivity index is 1.59. The molecule has 0 aromatic carbocycles. The molecule has 1 saturated carbocycles. The van der Waals surface area contributed by atoms with E-state index in [0.29, 0.717) is 11.8 Å². The fourth-order valence-electron chi connectivity index (χ4n) is 2.70. The Labute approximate surface area is 117 Å². The Morgan fingerprint density at radius 2 is 1.80 bits per heavy atom. The molecule has 20 heavy (non-hydrogen) atoms. The molecule has 1 fully saturated rings. The zero-order valence-corrected chi connectivity index (χ0v) is 11.4. The van der Waals surface area contributed by atoms with Gasteiger partial charge in [0.2, 0.25) is 0 Å². The molecule has 0 heterocycles. The normalized spacial score (nSPS) is 26.4. The lowest BCUT2D eigenvalue weighted by molar-refractivity contribution is -0.159. The first kappa shape index (κ1) is 14.6. The predicted octanol–water partition coefficient (Wildman–Crippen LogP) is 0.848. The van der Waals surface area contributed by atoms with Gasteiger partial charge in [-0.1, -0.05) is 12.2 Å². The summed E-state index contributed by atoms with van der Waals surface area (Å²) < 4.78 is 14.2. The van der Waals surface area contributed by atoms with Crippen molar-refractivity contribution in [3.63, 3.8) is 0 Å². The summed E-state index contributed by atoms with van der Waals surface area (Å²) in [5, 5.41) is 0. The molecule has 2 aliphatic rings. The molecule has 0 aromatic rings. The lowest BCUT2D eigenvalue weighted by Gasteiger charge is -2.16. The molecule has 6 nitrogen and oxygen atoms in total. The lowest BCUT2D eigenvalue weighted by Crippen LogP contribution is -2.24. The number of ether oxygens (including phenoxy) is 3. The van der Waals surface area contributed by atoms with Gasteiger partial charge in [-0.2, -0.15) is 0 Å². The second kappa shape index (κ2) is 6.54. The number of allylic oxidation sites excluding steroid dienone is 2. The number of carbonyl (C=O) groups is 3. The van der Waals surface area contributed by atoms with Crippen molar-refractivity contribution in [2.45, 2.75) is 19.3 Å².